The van der Waals surface area contributed by atoms with Crippen LogP contribution < -0.4 is 5.73 Å². The van der Waals surface area contributed by atoms with Gasteiger partial charge in [0.2, 0.25) is 0 Å². The van der Waals surface area contributed by atoms with E-state index < -0.39 is 5.12 Å². The van der Waals surface area contributed by atoms with Crippen LogP contribution in [0.2, 0.25) is 0 Å². The fraction of sp³-hybridized carbons (Fsp3) is 0.125. The predicted octanol–water partition coefficient (Wildman–Crippen LogP) is 0.173. The van der Waals surface area contributed by atoms with Crippen molar-refractivity contribution in [3.05, 3.63) is 0 Å². The van der Waals surface area contributed by atoms with Crippen LogP contribution in [-0.4, -0.2) is 9.16 Å². The fourth-order valence-corrected chi connectivity index (χ4v) is 0.464. The summed E-state index contributed by atoms with van der Waals surface area (Å²) >= 11 is 5.37. The van der Waals surface area contributed by atoms with E-state index in [-0.39, 0.29) is 4.05 Å². The van der Waals surface area contributed by atoms with E-state index in [0.717, 1.165) is 0 Å². The zero-order valence-electron chi connectivity index (χ0n) is 5.89. The summed E-state index contributed by atoms with van der Waals surface area (Å²) in [6, 6.07) is 0. The van der Waals surface area contributed by atoms with Crippen LogP contribution in [-0.2, 0) is 4.79 Å². The maximum atomic E-state index is 10.2. The fourth-order valence-electron chi connectivity index (χ4n) is 0.252. The Bertz CT molecular complexity index is 342. The van der Waals surface area contributed by atoms with Gasteiger partial charge in [-0.2, -0.15) is 0 Å². The van der Waals surface area contributed by atoms with Gasteiger partial charge in [-0.15, -0.1) is 0 Å². The first-order valence-electron chi connectivity index (χ1n) is 2.77. The summed E-state index contributed by atoms with van der Waals surface area (Å²) in [5.74, 6) is 14.3. The van der Waals surface area contributed by atoms with E-state index in [1.807, 2.05) is 22.6 Å². The lowest BCUT2D eigenvalue weighted by atomic mass is 10.5. The molecular weight excluding hydrogens is 285 g/mol. The number of rotatable bonds is 0. The SMILES string of the molecule is NC(I)C#CC#CC#CC(=O)S. The molecule has 0 amide bonds. The van der Waals surface area contributed by atoms with Crippen molar-refractivity contribution >= 4 is 40.3 Å². The zero-order chi connectivity index (χ0) is 9.40. The number of nitrogens with two attached hydrogens (primary N) is 1. The minimum absolute atomic E-state index is 0.226. The molecule has 0 bridgehead atoms. The summed E-state index contributed by atoms with van der Waals surface area (Å²) in [7, 11) is 0. The van der Waals surface area contributed by atoms with Crippen molar-refractivity contribution in [2.75, 3.05) is 0 Å². The molecule has 0 aromatic carbocycles. The lowest BCUT2D eigenvalue weighted by molar-refractivity contribution is -0.106. The third-order valence-electron chi connectivity index (χ3n) is 0.567. The van der Waals surface area contributed by atoms with Gasteiger partial charge in [0.15, 0.2) is 0 Å². The number of alkyl halides is 1. The smallest absolute Gasteiger partial charge is 0.260 e. The van der Waals surface area contributed by atoms with Crippen molar-refractivity contribution in [3.63, 3.8) is 0 Å². The van der Waals surface area contributed by atoms with Gasteiger partial charge in [-0.3, -0.25) is 4.79 Å². The van der Waals surface area contributed by atoms with Crippen molar-refractivity contribution in [1.29, 1.82) is 0 Å². The molecule has 0 saturated carbocycles. The Labute approximate surface area is 90.2 Å². The average Bonchev–Trinajstić information content (AvgIpc) is 1.95. The van der Waals surface area contributed by atoms with E-state index in [1.165, 1.54) is 0 Å². The predicted molar refractivity (Wildman–Crippen MR) is 59.3 cm³/mol. The largest absolute Gasteiger partial charge is 0.309 e. The summed E-state index contributed by atoms with van der Waals surface area (Å²) in [5, 5.41) is -0.511. The minimum Gasteiger partial charge on any atom is -0.309 e. The maximum Gasteiger partial charge on any atom is 0.260 e. The quantitative estimate of drug-likeness (QED) is 0.219. The number of hydrogen-bond donors (Lipinski definition) is 2. The van der Waals surface area contributed by atoms with Crippen molar-refractivity contribution in [2.45, 2.75) is 4.05 Å². The van der Waals surface area contributed by atoms with Gasteiger partial charge >= 0.3 is 0 Å². The molecule has 1 atom stereocenters. The number of carbonyl (C=O) groups excluding carboxylic acids is 1. The summed E-state index contributed by atoms with van der Waals surface area (Å²) in [6.07, 6.45) is 0. The molecule has 1 unspecified atom stereocenters. The third-order valence-corrected chi connectivity index (χ3v) is 0.990. The number of carbonyl (C=O) groups is 1. The molecule has 0 aliphatic heterocycles. The normalized spacial score (nSPS) is 8.92. The molecule has 0 aliphatic carbocycles. The molecule has 0 spiro atoms. The molecule has 4 heteroatoms. The summed E-state index contributed by atoms with van der Waals surface area (Å²) in [4.78, 5) is 10.2. The molecule has 0 aliphatic rings. The molecule has 2 nitrogen and oxygen atoms in total. The molecule has 12 heavy (non-hydrogen) atoms. The van der Waals surface area contributed by atoms with Crippen LogP contribution in [0.1, 0.15) is 0 Å². The first kappa shape index (κ1) is 11.4. The second-order valence-corrected chi connectivity index (χ2v) is 3.22. The van der Waals surface area contributed by atoms with Crippen molar-refractivity contribution < 1.29 is 4.79 Å². The van der Waals surface area contributed by atoms with Crippen LogP contribution >= 0.6 is 35.2 Å². The van der Waals surface area contributed by atoms with E-state index in [9.17, 15) is 4.79 Å². The van der Waals surface area contributed by atoms with Gasteiger partial charge in [0.05, 0.1) is 0 Å². The Morgan fingerprint density at radius 1 is 1.33 bits per heavy atom. The highest BCUT2D eigenvalue weighted by Gasteiger charge is 1.79. The van der Waals surface area contributed by atoms with Gasteiger partial charge in [-0.1, -0.05) is 41.1 Å². The standard InChI is InChI=1S/C8H4INOS/c9-7(10)5-3-1-2-4-6-8(11)12/h7H,10H2,(H,11,12). The topological polar surface area (TPSA) is 43.1 Å². The Morgan fingerprint density at radius 3 is 2.42 bits per heavy atom. The van der Waals surface area contributed by atoms with Gasteiger partial charge in [0.25, 0.3) is 5.12 Å². The highest BCUT2D eigenvalue weighted by Crippen LogP contribution is 1.84. The van der Waals surface area contributed by atoms with E-state index in [0.29, 0.717) is 0 Å². The Balaban J connectivity index is 4.05. The van der Waals surface area contributed by atoms with Crippen molar-refractivity contribution in [1.82, 2.24) is 0 Å². The number of hydrogen-bond acceptors (Lipinski definition) is 2. The summed E-state index contributed by atoms with van der Waals surface area (Å²) in [5.41, 5.74) is 5.30. The van der Waals surface area contributed by atoms with Crippen molar-refractivity contribution in [3.8, 4) is 35.5 Å². The molecule has 2 N–H and O–H groups in total. The van der Waals surface area contributed by atoms with Crippen LogP contribution in [0.15, 0.2) is 0 Å². The monoisotopic (exact) mass is 289 g/mol. The Morgan fingerprint density at radius 2 is 1.92 bits per heavy atom. The minimum atomic E-state index is -0.511. The second kappa shape index (κ2) is 7.06. The van der Waals surface area contributed by atoms with Crippen LogP contribution in [0.5, 0.6) is 0 Å². The molecule has 0 radical (unpaired) electrons. The van der Waals surface area contributed by atoms with Gasteiger partial charge in [-0.25, -0.2) is 0 Å². The van der Waals surface area contributed by atoms with E-state index in [2.05, 4.69) is 48.2 Å². The Hall–Kier alpha value is -0.610. The van der Waals surface area contributed by atoms with E-state index in [1.54, 1.807) is 0 Å². The van der Waals surface area contributed by atoms with Gasteiger partial charge in [-0.05, 0) is 29.6 Å². The lowest BCUT2D eigenvalue weighted by Gasteiger charge is -1.81. The first-order valence-corrected chi connectivity index (χ1v) is 4.46. The maximum absolute atomic E-state index is 10.2. The van der Waals surface area contributed by atoms with Crippen LogP contribution in [0.25, 0.3) is 0 Å². The van der Waals surface area contributed by atoms with Gasteiger partial charge in [0.1, 0.15) is 4.05 Å². The zero-order valence-corrected chi connectivity index (χ0v) is 8.94. The lowest BCUT2D eigenvalue weighted by Crippen LogP contribution is -2.05. The molecular formula is C8H4INOS. The van der Waals surface area contributed by atoms with Gasteiger partial charge < -0.3 is 5.73 Å². The highest BCUT2D eigenvalue weighted by molar-refractivity contribution is 14.1. The van der Waals surface area contributed by atoms with Crippen LogP contribution in [0.3, 0.4) is 0 Å². The van der Waals surface area contributed by atoms with Crippen LogP contribution in [0, 0.1) is 35.5 Å². The summed E-state index contributed by atoms with van der Waals surface area (Å²) in [6.45, 7) is 0. The summed E-state index contributed by atoms with van der Waals surface area (Å²) < 4.78 is -0.226. The van der Waals surface area contributed by atoms with Gasteiger partial charge in [0, 0.05) is 0 Å². The number of thiol groups is 1. The molecule has 0 rings (SSSR count). The molecule has 60 valence electrons. The Kier molecular flexibility index (Phi) is 6.70. The molecule has 0 saturated heterocycles. The molecule has 0 fully saturated rings. The molecule has 0 aromatic heterocycles. The first-order chi connectivity index (χ1) is 5.63. The number of halogens is 1. The van der Waals surface area contributed by atoms with E-state index >= 15 is 0 Å². The van der Waals surface area contributed by atoms with Crippen LogP contribution in [0.4, 0.5) is 0 Å². The second-order valence-electron chi connectivity index (χ2n) is 1.48. The molecule has 0 aromatic rings. The third kappa shape index (κ3) is 9.39. The highest BCUT2D eigenvalue weighted by atomic mass is 127. The van der Waals surface area contributed by atoms with E-state index in [4.69, 9.17) is 5.73 Å². The average molecular weight is 289 g/mol. The van der Waals surface area contributed by atoms with Crippen molar-refractivity contribution in [2.24, 2.45) is 5.73 Å². The molecule has 0 heterocycles.